The van der Waals surface area contributed by atoms with Gasteiger partial charge in [-0.2, -0.15) is 0 Å². The van der Waals surface area contributed by atoms with Crippen LogP contribution < -0.4 is 4.84 Å². The molecule has 0 N–H and O–H groups in total. The zero-order valence-electron chi connectivity index (χ0n) is 12.9. The van der Waals surface area contributed by atoms with Gasteiger partial charge >= 0.3 is 0 Å². The largest absolute Gasteiger partial charge is 0.390 e. The van der Waals surface area contributed by atoms with E-state index < -0.39 is 0 Å². The predicted molar refractivity (Wildman–Crippen MR) is 88.0 cm³/mol. The normalized spacial score (nSPS) is 11.8. The van der Waals surface area contributed by atoms with Crippen molar-refractivity contribution in [1.82, 2.24) is 15.2 Å². The average Bonchev–Trinajstić information content (AvgIpc) is 2.87. The van der Waals surface area contributed by atoms with E-state index in [9.17, 15) is 0 Å². The maximum absolute atomic E-state index is 6.00. The monoisotopic (exact) mass is 315 g/mol. The van der Waals surface area contributed by atoms with E-state index in [0.29, 0.717) is 11.6 Å². The molecule has 0 saturated heterocycles. The first-order chi connectivity index (χ1) is 10.4. The fraction of sp³-hybridized carbons (Fsp3) is 0.294. The Morgan fingerprint density at radius 3 is 2.50 bits per heavy atom. The van der Waals surface area contributed by atoms with Crippen molar-refractivity contribution >= 4 is 22.6 Å². The Kier molecular flexibility index (Phi) is 3.79. The van der Waals surface area contributed by atoms with Crippen LogP contribution in [-0.4, -0.2) is 15.2 Å². The van der Waals surface area contributed by atoms with Gasteiger partial charge in [0.05, 0.1) is 0 Å². The van der Waals surface area contributed by atoms with Crippen molar-refractivity contribution in [3.63, 3.8) is 0 Å². The van der Waals surface area contributed by atoms with E-state index in [1.807, 2.05) is 6.07 Å². The van der Waals surface area contributed by atoms with E-state index in [4.69, 9.17) is 16.4 Å². The van der Waals surface area contributed by atoms with Gasteiger partial charge in [0.2, 0.25) is 0 Å². The highest BCUT2D eigenvalue weighted by atomic mass is 35.5. The van der Waals surface area contributed by atoms with Crippen LogP contribution in [-0.2, 0) is 12.0 Å². The van der Waals surface area contributed by atoms with Crippen molar-refractivity contribution in [2.45, 2.75) is 32.8 Å². The van der Waals surface area contributed by atoms with Crippen LogP contribution in [0.25, 0.3) is 11.0 Å². The van der Waals surface area contributed by atoms with E-state index >= 15 is 0 Å². The first-order valence-corrected chi connectivity index (χ1v) is 7.55. The Balaban J connectivity index is 1.75. The lowest BCUT2D eigenvalue weighted by atomic mass is 9.87. The van der Waals surface area contributed by atoms with Gasteiger partial charge in [-0.1, -0.05) is 61.5 Å². The Morgan fingerprint density at radius 2 is 1.82 bits per heavy atom. The molecular formula is C17H18ClN3O. The molecule has 0 aliphatic carbocycles. The van der Waals surface area contributed by atoms with Crippen molar-refractivity contribution in [2.75, 3.05) is 0 Å². The number of rotatable bonds is 3. The summed E-state index contributed by atoms with van der Waals surface area (Å²) >= 11 is 6.00. The third kappa shape index (κ3) is 3.07. The van der Waals surface area contributed by atoms with E-state index in [0.717, 1.165) is 16.6 Å². The minimum Gasteiger partial charge on any atom is -0.390 e. The van der Waals surface area contributed by atoms with Crippen molar-refractivity contribution < 1.29 is 4.84 Å². The van der Waals surface area contributed by atoms with E-state index in [2.05, 4.69) is 55.3 Å². The summed E-state index contributed by atoms with van der Waals surface area (Å²) in [7, 11) is 0. The average molecular weight is 316 g/mol. The van der Waals surface area contributed by atoms with Crippen LogP contribution in [0.4, 0.5) is 0 Å². The number of fused-ring (bicyclic) bond motifs is 1. The lowest BCUT2D eigenvalue weighted by molar-refractivity contribution is 0.0751. The summed E-state index contributed by atoms with van der Waals surface area (Å²) in [5, 5.41) is 8.68. The van der Waals surface area contributed by atoms with E-state index in [1.165, 1.54) is 10.4 Å². The maximum Gasteiger partial charge on any atom is 0.142 e. The first-order valence-electron chi connectivity index (χ1n) is 7.17. The molecule has 3 aromatic rings. The minimum absolute atomic E-state index is 0.151. The Labute approximate surface area is 134 Å². The van der Waals surface area contributed by atoms with Crippen molar-refractivity contribution in [3.05, 3.63) is 58.6 Å². The molecule has 2 aromatic carbocycles. The molecule has 5 heteroatoms. The molecule has 114 valence electrons. The zero-order valence-corrected chi connectivity index (χ0v) is 13.6. The summed E-state index contributed by atoms with van der Waals surface area (Å²) in [5.41, 5.74) is 4.05. The smallest absolute Gasteiger partial charge is 0.142 e. The van der Waals surface area contributed by atoms with Crippen molar-refractivity contribution in [3.8, 4) is 0 Å². The topological polar surface area (TPSA) is 39.9 Å². The van der Waals surface area contributed by atoms with Crippen LogP contribution in [0.3, 0.4) is 0 Å². The van der Waals surface area contributed by atoms with Crippen LogP contribution >= 0.6 is 11.6 Å². The predicted octanol–water partition coefficient (Wildman–Crippen LogP) is 4.01. The number of aromatic nitrogens is 3. The van der Waals surface area contributed by atoms with Gasteiger partial charge in [-0.25, -0.2) is 0 Å². The lowest BCUT2D eigenvalue weighted by Crippen LogP contribution is -2.14. The van der Waals surface area contributed by atoms with Gasteiger partial charge in [-0.05, 0) is 40.0 Å². The number of benzene rings is 2. The molecule has 1 heterocycles. The summed E-state index contributed by atoms with van der Waals surface area (Å²) < 4.78 is 0. The molecule has 0 spiro atoms. The molecule has 0 atom stereocenters. The van der Waals surface area contributed by atoms with Crippen LogP contribution in [0.15, 0.2) is 42.5 Å². The van der Waals surface area contributed by atoms with Crippen molar-refractivity contribution in [1.29, 1.82) is 0 Å². The molecule has 4 nitrogen and oxygen atoms in total. The molecule has 3 rings (SSSR count). The number of hydrogen-bond acceptors (Lipinski definition) is 3. The molecule has 0 saturated carbocycles. The molecule has 0 amide bonds. The third-order valence-corrected chi connectivity index (χ3v) is 3.79. The first kappa shape index (κ1) is 14.9. The van der Waals surface area contributed by atoms with Crippen LogP contribution in [0.2, 0.25) is 5.02 Å². The second-order valence-electron chi connectivity index (χ2n) is 6.32. The van der Waals surface area contributed by atoms with Gasteiger partial charge in [-0.15, -0.1) is 5.10 Å². The fourth-order valence-electron chi connectivity index (χ4n) is 2.20. The quantitative estimate of drug-likeness (QED) is 0.733. The molecule has 1 aromatic heterocycles. The highest BCUT2D eigenvalue weighted by Gasteiger charge is 2.13. The zero-order chi connectivity index (χ0) is 15.7. The maximum atomic E-state index is 6.00. The highest BCUT2D eigenvalue weighted by molar-refractivity contribution is 6.31. The van der Waals surface area contributed by atoms with Gasteiger partial charge < -0.3 is 4.84 Å². The van der Waals surface area contributed by atoms with Crippen LogP contribution in [0, 0.1) is 0 Å². The number of halogens is 1. The van der Waals surface area contributed by atoms with Crippen molar-refractivity contribution in [2.24, 2.45) is 0 Å². The fourth-order valence-corrected chi connectivity index (χ4v) is 2.37. The Hall–Kier alpha value is -2.07. The third-order valence-electron chi connectivity index (χ3n) is 3.55. The lowest BCUT2D eigenvalue weighted by Gasteiger charge is -2.19. The van der Waals surface area contributed by atoms with E-state index in [1.54, 1.807) is 12.1 Å². The summed E-state index contributed by atoms with van der Waals surface area (Å²) in [6.45, 7) is 7.02. The number of hydrogen-bond donors (Lipinski definition) is 0. The molecule has 0 fully saturated rings. The van der Waals surface area contributed by atoms with Crippen LogP contribution in [0.5, 0.6) is 0 Å². The molecular weight excluding hydrogens is 298 g/mol. The van der Waals surface area contributed by atoms with Gasteiger partial charge in [0, 0.05) is 5.02 Å². The van der Waals surface area contributed by atoms with Gasteiger partial charge in [-0.3, -0.25) is 0 Å². The number of nitrogens with zero attached hydrogens (tertiary/aromatic N) is 3. The summed E-state index contributed by atoms with van der Waals surface area (Å²) in [5.74, 6) is 0. The molecule has 0 radical (unpaired) electrons. The second kappa shape index (κ2) is 5.61. The molecule has 0 aliphatic rings. The minimum atomic E-state index is 0.151. The second-order valence-corrected chi connectivity index (χ2v) is 6.75. The molecule has 0 aliphatic heterocycles. The molecule has 0 bridgehead atoms. The Bertz CT molecular complexity index is 788. The standard InChI is InChI=1S/C17H18ClN3O/c1-17(2,3)13-6-4-12(5-7-13)11-22-21-16-10-14(18)8-9-15(16)19-20-21/h4-10H,11H2,1-3H3. The SMILES string of the molecule is CC(C)(C)c1ccc(COn2nnc3ccc(Cl)cc32)cc1. The summed E-state index contributed by atoms with van der Waals surface area (Å²) in [6, 6.07) is 13.8. The Morgan fingerprint density at radius 1 is 1.09 bits per heavy atom. The molecule has 0 unspecified atom stereocenters. The summed E-state index contributed by atoms with van der Waals surface area (Å²) in [4.78, 5) is 7.13. The highest BCUT2D eigenvalue weighted by Crippen LogP contribution is 2.22. The van der Waals surface area contributed by atoms with Crippen LogP contribution in [0.1, 0.15) is 31.9 Å². The molecule has 22 heavy (non-hydrogen) atoms. The van der Waals surface area contributed by atoms with Gasteiger partial charge in [0.25, 0.3) is 0 Å². The van der Waals surface area contributed by atoms with E-state index in [-0.39, 0.29) is 5.41 Å². The van der Waals surface area contributed by atoms with Gasteiger partial charge in [0.1, 0.15) is 17.6 Å². The summed E-state index contributed by atoms with van der Waals surface area (Å²) in [6.07, 6.45) is 0. The van der Waals surface area contributed by atoms with Gasteiger partial charge in [0.15, 0.2) is 0 Å².